The van der Waals surface area contributed by atoms with Crippen LogP contribution in [0.5, 0.6) is 11.5 Å². The monoisotopic (exact) mass is 496 g/mol. The molecule has 1 amide bonds. The van der Waals surface area contributed by atoms with E-state index in [1.807, 2.05) is 43.3 Å². The van der Waals surface area contributed by atoms with Crippen LogP contribution >= 0.6 is 0 Å². The fourth-order valence-corrected chi connectivity index (χ4v) is 4.90. The largest absolute Gasteiger partial charge is 0.493 e. The van der Waals surface area contributed by atoms with E-state index in [0.717, 1.165) is 17.2 Å². The first-order chi connectivity index (χ1) is 18.0. The number of hydrogen-bond acceptors (Lipinski definition) is 7. The van der Waals surface area contributed by atoms with Crippen molar-refractivity contribution < 1.29 is 23.2 Å². The Morgan fingerprint density at radius 1 is 1.00 bits per heavy atom. The number of hydrogen-bond donors (Lipinski definition) is 0. The molecule has 0 spiro atoms. The molecule has 0 radical (unpaired) electrons. The summed E-state index contributed by atoms with van der Waals surface area (Å²) in [6.07, 6.45) is 0.845. The lowest BCUT2D eigenvalue weighted by Gasteiger charge is -2.23. The van der Waals surface area contributed by atoms with Crippen LogP contribution in [0.3, 0.4) is 0 Å². The van der Waals surface area contributed by atoms with E-state index in [1.165, 1.54) is 4.90 Å². The van der Waals surface area contributed by atoms with E-state index >= 15 is 0 Å². The molecular weight excluding hydrogens is 472 g/mol. The Morgan fingerprint density at radius 2 is 1.84 bits per heavy atom. The zero-order valence-corrected chi connectivity index (χ0v) is 20.6. The van der Waals surface area contributed by atoms with Gasteiger partial charge in [0.1, 0.15) is 11.3 Å². The molecule has 0 saturated carbocycles. The van der Waals surface area contributed by atoms with Crippen molar-refractivity contribution in [1.29, 1.82) is 0 Å². The molecule has 0 fully saturated rings. The molecule has 5 aromatic rings. The zero-order chi connectivity index (χ0) is 25.7. The average molecular weight is 497 g/mol. The highest BCUT2D eigenvalue weighted by Crippen LogP contribution is 2.43. The minimum atomic E-state index is -0.798. The van der Waals surface area contributed by atoms with Gasteiger partial charge in [-0.05, 0) is 42.5 Å². The minimum absolute atomic E-state index is 0.00946. The van der Waals surface area contributed by atoms with Crippen LogP contribution in [0.1, 0.15) is 46.8 Å². The highest BCUT2D eigenvalue weighted by atomic mass is 16.5. The molecule has 0 saturated heterocycles. The topological polar surface area (TPSA) is 95.0 Å². The normalized spacial score (nSPS) is 14.9. The molecule has 1 aliphatic rings. The summed E-state index contributed by atoms with van der Waals surface area (Å²) in [6.45, 7) is 4.30. The van der Waals surface area contributed by atoms with Crippen molar-refractivity contribution in [3.05, 3.63) is 93.5 Å². The van der Waals surface area contributed by atoms with Crippen molar-refractivity contribution in [2.75, 3.05) is 18.6 Å². The molecule has 3 aromatic carbocycles. The van der Waals surface area contributed by atoms with Crippen LogP contribution in [0.2, 0.25) is 0 Å². The van der Waals surface area contributed by atoms with Gasteiger partial charge in [-0.1, -0.05) is 48.5 Å². The number of rotatable bonds is 6. The Morgan fingerprint density at radius 3 is 2.59 bits per heavy atom. The third-order valence-corrected chi connectivity index (χ3v) is 6.59. The van der Waals surface area contributed by atoms with E-state index in [9.17, 15) is 9.59 Å². The maximum atomic E-state index is 14.0. The van der Waals surface area contributed by atoms with E-state index in [2.05, 4.69) is 5.16 Å². The van der Waals surface area contributed by atoms with Gasteiger partial charge in [0.05, 0.1) is 30.7 Å². The third-order valence-electron chi connectivity index (χ3n) is 6.59. The Kier molecular flexibility index (Phi) is 5.44. The van der Waals surface area contributed by atoms with Gasteiger partial charge in [0.25, 0.3) is 5.91 Å². The van der Waals surface area contributed by atoms with Crippen LogP contribution in [0.15, 0.2) is 74.4 Å². The molecule has 2 aromatic heterocycles. The number of fused-ring (bicyclic) bond motifs is 4. The molecule has 37 heavy (non-hydrogen) atoms. The summed E-state index contributed by atoms with van der Waals surface area (Å²) in [5.41, 5.74) is 1.01. The van der Waals surface area contributed by atoms with Gasteiger partial charge >= 0.3 is 0 Å². The van der Waals surface area contributed by atoms with Crippen LogP contribution in [-0.2, 0) is 0 Å². The van der Waals surface area contributed by atoms with Gasteiger partial charge in [-0.15, -0.1) is 0 Å². The lowest BCUT2D eigenvalue weighted by Crippen LogP contribution is -2.29. The summed E-state index contributed by atoms with van der Waals surface area (Å²) in [4.78, 5) is 29.3. The highest BCUT2D eigenvalue weighted by molar-refractivity contribution is 6.12. The van der Waals surface area contributed by atoms with Gasteiger partial charge in [0.2, 0.25) is 5.76 Å². The fourth-order valence-electron chi connectivity index (χ4n) is 4.90. The molecule has 0 bridgehead atoms. The number of aryl methyl sites for hydroxylation is 1. The molecule has 0 N–H and O–H groups in total. The van der Waals surface area contributed by atoms with Crippen molar-refractivity contribution in [3.63, 3.8) is 0 Å². The maximum Gasteiger partial charge on any atom is 0.296 e. The summed E-state index contributed by atoms with van der Waals surface area (Å²) in [7, 11) is 1.55. The molecule has 1 atom stereocenters. The Balaban J connectivity index is 1.61. The smallest absolute Gasteiger partial charge is 0.296 e. The lowest BCUT2D eigenvalue weighted by molar-refractivity contribution is 0.0969. The average Bonchev–Trinajstić information content (AvgIpc) is 3.47. The zero-order valence-electron chi connectivity index (χ0n) is 20.6. The molecule has 6 rings (SSSR count). The second kappa shape index (κ2) is 8.81. The Hall–Kier alpha value is -4.59. The summed E-state index contributed by atoms with van der Waals surface area (Å²) >= 11 is 0. The van der Waals surface area contributed by atoms with Gasteiger partial charge < -0.3 is 18.4 Å². The molecule has 0 unspecified atom stereocenters. The van der Waals surface area contributed by atoms with Crippen LogP contribution in [-0.4, -0.2) is 24.8 Å². The first kappa shape index (κ1) is 22.8. The van der Waals surface area contributed by atoms with E-state index in [-0.39, 0.29) is 22.6 Å². The van der Waals surface area contributed by atoms with Crippen LogP contribution in [0.25, 0.3) is 21.7 Å². The van der Waals surface area contributed by atoms with Crippen molar-refractivity contribution in [3.8, 4) is 11.5 Å². The predicted octanol–water partition coefficient (Wildman–Crippen LogP) is 5.79. The molecule has 1 aliphatic heterocycles. The molecule has 186 valence electrons. The second-order valence-electron chi connectivity index (χ2n) is 8.97. The number of methoxy groups -OCH3 is 1. The lowest BCUT2D eigenvalue weighted by atomic mass is 9.97. The second-order valence-corrected chi connectivity index (χ2v) is 8.97. The minimum Gasteiger partial charge on any atom is -0.493 e. The summed E-state index contributed by atoms with van der Waals surface area (Å²) in [5, 5.41) is 6.17. The van der Waals surface area contributed by atoms with Gasteiger partial charge in [0.15, 0.2) is 22.7 Å². The maximum absolute atomic E-state index is 14.0. The number of carbonyl (C=O) groups excluding carboxylic acids is 1. The summed E-state index contributed by atoms with van der Waals surface area (Å²) in [5.74, 6) is 1.43. The number of ether oxygens (including phenoxy) is 2. The van der Waals surface area contributed by atoms with Crippen molar-refractivity contribution in [1.82, 2.24) is 5.16 Å². The van der Waals surface area contributed by atoms with Crippen LogP contribution < -0.4 is 19.8 Å². The quantitative estimate of drug-likeness (QED) is 0.275. The number of amides is 1. The van der Waals surface area contributed by atoms with Crippen LogP contribution in [0, 0.1) is 6.92 Å². The summed E-state index contributed by atoms with van der Waals surface area (Å²) in [6, 6.07) is 17.5. The first-order valence-electron chi connectivity index (χ1n) is 12.1. The number of nitrogens with zero attached hydrogens (tertiary/aromatic N) is 2. The predicted molar refractivity (Wildman–Crippen MR) is 139 cm³/mol. The highest BCUT2D eigenvalue weighted by Gasteiger charge is 2.45. The molecule has 8 heteroatoms. The number of aromatic nitrogens is 1. The fraction of sp³-hybridized carbons (Fsp3) is 0.207. The van der Waals surface area contributed by atoms with E-state index in [1.54, 1.807) is 38.3 Å². The van der Waals surface area contributed by atoms with Crippen molar-refractivity contribution >= 4 is 33.5 Å². The SMILES string of the molecule is CCCOc1ccc([C@@H]2c3c(oc4c(ccc5ccccc54)c3=O)C(=O)N2c2cc(C)on2)cc1OC. The standard InChI is InChI=1S/C29H24N2O6/c1-4-13-35-21-12-10-18(15-22(21)34-3)25-24-26(32)20-11-9-17-7-5-6-8-19(17)27(20)36-28(24)29(33)31(25)23-14-16(2)37-30-23/h5-12,14-15,25H,4,13H2,1-3H3/t25-/m1/s1. The van der Waals surface area contributed by atoms with E-state index < -0.39 is 11.9 Å². The Labute approximate surface area is 212 Å². The molecular formula is C29H24N2O6. The van der Waals surface area contributed by atoms with Crippen LogP contribution in [0.4, 0.5) is 5.82 Å². The van der Waals surface area contributed by atoms with Gasteiger partial charge in [0, 0.05) is 11.5 Å². The van der Waals surface area contributed by atoms with Gasteiger partial charge in [-0.3, -0.25) is 14.5 Å². The van der Waals surface area contributed by atoms with Crippen molar-refractivity contribution in [2.24, 2.45) is 0 Å². The van der Waals surface area contributed by atoms with Gasteiger partial charge in [-0.2, -0.15) is 0 Å². The molecule has 0 aliphatic carbocycles. The number of anilines is 1. The summed E-state index contributed by atoms with van der Waals surface area (Å²) < 4.78 is 22.9. The number of carbonyl (C=O) groups is 1. The molecule has 8 nitrogen and oxygen atoms in total. The third kappa shape index (κ3) is 3.56. The first-order valence-corrected chi connectivity index (χ1v) is 12.1. The number of benzene rings is 3. The van der Waals surface area contributed by atoms with E-state index in [0.29, 0.717) is 40.4 Å². The van der Waals surface area contributed by atoms with Crippen molar-refractivity contribution in [2.45, 2.75) is 26.3 Å². The van der Waals surface area contributed by atoms with E-state index in [4.69, 9.17) is 18.4 Å². The van der Waals surface area contributed by atoms with Gasteiger partial charge in [-0.25, -0.2) is 0 Å². The Bertz CT molecular complexity index is 1730. The molecule has 3 heterocycles.